The van der Waals surface area contributed by atoms with Crippen molar-refractivity contribution >= 4 is 23.6 Å². The molecule has 6 heteroatoms. The summed E-state index contributed by atoms with van der Waals surface area (Å²) < 4.78 is 0. The Morgan fingerprint density at radius 1 is 1.04 bits per heavy atom. The lowest BCUT2D eigenvalue weighted by Crippen LogP contribution is -2.36. The Labute approximate surface area is 164 Å². The Hall–Kier alpha value is -2.00. The van der Waals surface area contributed by atoms with Crippen LogP contribution in [0.3, 0.4) is 0 Å². The van der Waals surface area contributed by atoms with E-state index in [1.165, 1.54) is 38.5 Å². The van der Waals surface area contributed by atoms with Crippen molar-refractivity contribution in [2.45, 2.75) is 62.7 Å². The van der Waals surface area contributed by atoms with Gasteiger partial charge in [0.25, 0.3) is 5.91 Å². The predicted octanol–water partition coefficient (Wildman–Crippen LogP) is 4.83. The molecule has 0 bridgehead atoms. The van der Waals surface area contributed by atoms with Crippen molar-refractivity contribution in [2.75, 3.05) is 0 Å². The maximum absolute atomic E-state index is 12.5. The van der Waals surface area contributed by atoms with Crippen LogP contribution < -0.4 is 5.48 Å². The van der Waals surface area contributed by atoms with Crippen LogP contribution in [-0.2, 0) is 9.63 Å². The van der Waals surface area contributed by atoms with E-state index in [0.717, 1.165) is 36.9 Å². The molecule has 2 aliphatic carbocycles. The molecule has 3 rings (SSSR count). The second kappa shape index (κ2) is 9.80. The van der Waals surface area contributed by atoms with E-state index in [1.807, 2.05) is 5.40 Å². The third-order valence-electron chi connectivity index (χ3n) is 5.91. The third kappa shape index (κ3) is 5.26. The lowest BCUT2D eigenvalue weighted by molar-refractivity contribution is -0.136. The molecule has 0 aromatic heterocycles. The first-order valence-corrected chi connectivity index (χ1v) is 10.7. The van der Waals surface area contributed by atoms with E-state index >= 15 is 0 Å². The number of hydroxylamine groups is 1. The number of rotatable bonds is 4. The highest BCUT2D eigenvalue weighted by atomic mass is 32.2. The van der Waals surface area contributed by atoms with E-state index in [1.54, 1.807) is 24.3 Å². The molecule has 5 nitrogen and oxygen atoms in total. The topological polar surface area (TPSA) is 79.2 Å². The van der Waals surface area contributed by atoms with Gasteiger partial charge >= 0.3 is 5.97 Å². The molecule has 2 unspecified atom stereocenters. The highest BCUT2D eigenvalue weighted by molar-refractivity contribution is 8.03. The molecule has 0 saturated heterocycles. The molecule has 1 aromatic carbocycles. The van der Waals surface area contributed by atoms with Gasteiger partial charge in [-0.15, -0.1) is 0 Å². The molecule has 1 aromatic rings. The molecule has 2 saturated carbocycles. The molecule has 0 heterocycles. The van der Waals surface area contributed by atoms with Gasteiger partial charge in [0.2, 0.25) is 0 Å². The van der Waals surface area contributed by atoms with E-state index in [-0.39, 0.29) is 17.4 Å². The third-order valence-corrected chi connectivity index (χ3v) is 6.58. The molecule has 2 fully saturated rings. The van der Waals surface area contributed by atoms with Gasteiger partial charge < -0.3 is 4.84 Å². The first-order valence-electron chi connectivity index (χ1n) is 9.85. The quantitative estimate of drug-likeness (QED) is 0.455. The van der Waals surface area contributed by atoms with Crippen LogP contribution in [0, 0.1) is 28.4 Å². The number of nitrogens with zero attached hydrogens (tertiary/aromatic N) is 1. The summed E-state index contributed by atoms with van der Waals surface area (Å²) in [6, 6.07) is 6.73. The average Bonchev–Trinajstić information content (AvgIpc) is 2.73. The largest absolute Gasteiger partial charge is 0.364 e. The van der Waals surface area contributed by atoms with Crippen molar-refractivity contribution in [1.29, 1.82) is 5.26 Å². The summed E-state index contributed by atoms with van der Waals surface area (Å²) in [6.07, 6.45) is 10.6. The maximum atomic E-state index is 12.5. The molecule has 0 radical (unpaired) electrons. The molecule has 27 heavy (non-hydrogen) atoms. The van der Waals surface area contributed by atoms with Gasteiger partial charge in [0, 0.05) is 10.8 Å². The minimum Gasteiger partial charge on any atom is -0.335 e. The number of nitrogens with one attached hydrogen (secondary N) is 1. The van der Waals surface area contributed by atoms with Crippen molar-refractivity contribution in [3.63, 3.8) is 0 Å². The lowest BCUT2D eigenvalue weighted by Gasteiger charge is -2.35. The zero-order valence-corrected chi connectivity index (χ0v) is 16.3. The average molecular weight is 387 g/mol. The first-order chi connectivity index (χ1) is 13.2. The predicted molar refractivity (Wildman–Crippen MR) is 103 cm³/mol. The van der Waals surface area contributed by atoms with Gasteiger partial charge in [0.05, 0.1) is 5.56 Å². The van der Waals surface area contributed by atoms with Crippen molar-refractivity contribution < 1.29 is 14.4 Å². The molecule has 144 valence electrons. The number of hydrogen-bond acceptors (Lipinski definition) is 5. The Morgan fingerprint density at radius 2 is 1.78 bits per heavy atom. The monoisotopic (exact) mass is 386 g/mol. The number of carbonyl (C=O) groups excluding carboxylic acids is 2. The van der Waals surface area contributed by atoms with Gasteiger partial charge in [0.1, 0.15) is 5.40 Å². The van der Waals surface area contributed by atoms with Gasteiger partial charge in [0.15, 0.2) is 0 Å². The SMILES string of the molecule is N#CSc1ccccc1C(=O)ONC(=O)C1CCCC(C2CCCCC2)C1. The summed E-state index contributed by atoms with van der Waals surface area (Å²) in [5, 5.41) is 10.8. The summed E-state index contributed by atoms with van der Waals surface area (Å²) in [5.41, 5.74) is 2.65. The summed E-state index contributed by atoms with van der Waals surface area (Å²) in [6.45, 7) is 0. The number of thioether (sulfide) groups is 1. The lowest BCUT2D eigenvalue weighted by atomic mass is 9.70. The summed E-state index contributed by atoms with van der Waals surface area (Å²) in [4.78, 5) is 30.4. The number of amides is 1. The number of benzene rings is 1. The Balaban J connectivity index is 1.53. The number of hydrogen-bond donors (Lipinski definition) is 1. The van der Waals surface area contributed by atoms with Crippen LogP contribution in [0.5, 0.6) is 0 Å². The minimum absolute atomic E-state index is 0.0813. The summed E-state index contributed by atoms with van der Waals surface area (Å²) in [7, 11) is 0. The molecule has 0 aliphatic heterocycles. The van der Waals surface area contributed by atoms with E-state index < -0.39 is 5.97 Å². The van der Waals surface area contributed by atoms with E-state index in [4.69, 9.17) is 10.1 Å². The van der Waals surface area contributed by atoms with Crippen LogP contribution in [0.25, 0.3) is 0 Å². The minimum atomic E-state index is -0.638. The van der Waals surface area contributed by atoms with Crippen molar-refractivity contribution in [1.82, 2.24) is 5.48 Å². The van der Waals surface area contributed by atoms with Crippen LogP contribution in [-0.4, -0.2) is 11.9 Å². The fourth-order valence-corrected chi connectivity index (χ4v) is 5.01. The van der Waals surface area contributed by atoms with Crippen molar-refractivity contribution in [3.05, 3.63) is 29.8 Å². The summed E-state index contributed by atoms with van der Waals surface area (Å²) in [5.74, 6) is 0.461. The normalized spacial score (nSPS) is 23.2. The highest BCUT2D eigenvalue weighted by Crippen LogP contribution is 2.40. The number of nitriles is 1. The van der Waals surface area contributed by atoms with E-state index in [2.05, 4.69) is 5.48 Å². The van der Waals surface area contributed by atoms with Crippen LogP contribution in [0.2, 0.25) is 0 Å². The van der Waals surface area contributed by atoms with Crippen LogP contribution in [0.1, 0.15) is 68.1 Å². The van der Waals surface area contributed by atoms with E-state index in [9.17, 15) is 9.59 Å². The van der Waals surface area contributed by atoms with Crippen LogP contribution in [0.4, 0.5) is 0 Å². The fourth-order valence-electron chi connectivity index (χ4n) is 4.51. The molecule has 1 amide bonds. The molecule has 2 aliphatic rings. The van der Waals surface area contributed by atoms with Gasteiger partial charge in [-0.25, -0.2) is 4.79 Å². The van der Waals surface area contributed by atoms with E-state index in [0.29, 0.717) is 10.8 Å². The van der Waals surface area contributed by atoms with Gasteiger partial charge in [-0.1, -0.05) is 57.1 Å². The van der Waals surface area contributed by atoms with Crippen molar-refractivity contribution in [2.24, 2.45) is 17.8 Å². The maximum Gasteiger partial charge on any atom is 0.364 e. The second-order valence-electron chi connectivity index (χ2n) is 7.57. The zero-order valence-electron chi connectivity index (χ0n) is 15.5. The van der Waals surface area contributed by atoms with Crippen LogP contribution in [0.15, 0.2) is 29.2 Å². The van der Waals surface area contributed by atoms with Gasteiger partial charge in [-0.3, -0.25) is 4.79 Å². The second-order valence-corrected chi connectivity index (χ2v) is 8.39. The van der Waals surface area contributed by atoms with Gasteiger partial charge in [-0.05, 0) is 48.6 Å². The fraction of sp³-hybridized carbons (Fsp3) is 0.571. The standard InChI is InChI=1S/C21H26N2O3S/c22-14-27-19-12-5-4-11-18(19)21(25)26-23-20(24)17-10-6-9-16(13-17)15-7-2-1-3-8-15/h4-5,11-12,15-17H,1-3,6-10,13H2,(H,23,24). The Bertz CT molecular complexity index is 710. The molecule has 1 N–H and O–H groups in total. The molecular weight excluding hydrogens is 360 g/mol. The smallest absolute Gasteiger partial charge is 0.335 e. The molecule has 0 spiro atoms. The summed E-state index contributed by atoms with van der Waals surface area (Å²) >= 11 is 0.901. The number of thiocyanates is 1. The van der Waals surface area contributed by atoms with Crippen LogP contribution >= 0.6 is 11.8 Å². The van der Waals surface area contributed by atoms with Crippen molar-refractivity contribution in [3.8, 4) is 5.40 Å². The number of carbonyl (C=O) groups is 2. The highest BCUT2D eigenvalue weighted by Gasteiger charge is 2.32. The first kappa shape index (κ1) is 19.8. The molecular formula is C21H26N2O3S. The zero-order chi connectivity index (χ0) is 19.1. The van der Waals surface area contributed by atoms with Gasteiger partial charge in [-0.2, -0.15) is 10.7 Å². The Morgan fingerprint density at radius 3 is 2.56 bits per heavy atom. The Kier molecular flexibility index (Phi) is 7.17. The molecule has 2 atom stereocenters.